The Morgan fingerprint density at radius 1 is 0.534 bits per heavy atom. The summed E-state index contributed by atoms with van der Waals surface area (Å²) in [6.45, 7) is -0.848. The van der Waals surface area contributed by atoms with E-state index in [0.29, 0.717) is 11.1 Å². The number of allylic oxidation sites excluding steroid dienone is 1. The summed E-state index contributed by atoms with van der Waals surface area (Å²) in [5.74, 6) is -17.7. The first kappa shape index (κ1) is 56.2. The van der Waals surface area contributed by atoms with E-state index in [1.54, 1.807) is 0 Å². The third-order valence-electron chi connectivity index (χ3n) is 10.6. The standard InChI is InChI=1S/C51H44F10N2O10/c52-47(53,50(56,57)58)25-1-27-70-37-15-19-39(20-16-37)72-45(66)33-9-3-31(4-10-33)7-14-36(64)30-42(41-23-13-35(62)29-43(41)63)49(68,69)44(65)24-8-32-5-11-34(12-6-32)46(67)73-40-21-17-38(18-22-40)71-28-2-26-48(54,55)51(59,60)61/h3-24,29,42,68-69H,1-2,25-28,30,62-63H2. The molecule has 0 spiro atoms. The first-order valence-corrected chi connectivity index (χ1v) is 21.7. The van der Waals surface area contributed by atoms with Gasteiger partial charge in [0, 0.05) is 30.6 Å². The summed E-state index contributed by atoms with van der Waals surface area (Å²) in [5, 5.41) is 22.7. The molecule has 0 amide bonds. The minimum absolute atomic E-state index is 0.0113. The maximum Gasteiger partial charge on any atom is 0.453 e. The zero-order valence-electron chi connectivity index (χ0n) is 37.9. The van der Waals surface area contributed by atoms with Crippen LogP contribution in [-0.4, -0.2) is 76.9 Å². The summed E-state index contributed by atoms with van der Waals surface area (Å²) in [5.41, 5.74) is 13.0. The van der Waals surface area contributed by atoms with E-state index >= 15 is 0 Å². The van der Waals surface area contributed by atoms with Gasteiger partial charge in [0.15, 0.2) is 5.78 Å². The monoisotopic (exact) mass is 1030 g/mol. The van der Waals surface area contributed by atoms with Crippen molar-refractivity contribution in [1.82, 2.24) is 0 Å². The molecule has 5 rings (SSSR count). The lowest BCUT2D eigenvalue weighted by molar-refractivity contribution is -0.284. The molecule has 0 saturated heterocycles. The number of hydrogen-bond donors (Lipinski definition) is 4. The second kappa shape index (κ2) is 23.7. The van der Waals surface area contributed by atoms with Gasteiger partial charge in [-0.15, -0.1) is 0 Å². The van der Waals surface area contributed by atoms with Gasteiger partial charge in [0.1, 0.15) is 23.0 Å². The van der Waals surface area contributed by atoms with E-state index in [4.69, 9.17) is 30.4 Å². The second-order valence-corrected chi connectivity index (χ2v) is 16.1. The van der Waals surface area contributed by atoms with Gasteiger partial charge >= 0.3 is 36.1 Å². The molecule has 0 heterocycles. The van der Waals surface area contributed by atoms with Crippen molar-refractivity contribution in [2.75, 3.05) is 24.7 Å². The predicted molar refractivity (Wildman–Crippen MR) is 245 cm³/mol. The van der Waals surface area contributed by atoms with Gasteiger partial charge in [0.05, 0.1) is 30.3 Å². The van der Waals surface area contributed by atoms with E-state index in [1.807, 2.05) is 0 Å². The number of halogens is 10. The SMILES string of the molecule is Nc1ccc(C(CC(=O)C=Cc2ccc(C(=O)Oc3ccc(OCCCC(F)(F)C(F)(F)F)cc3)cc2)C(O)(O)C(=O)C=Cc2ccc(C(=O)Oc3ccc(OCCCC(F)(F)C(F)(F)F)cc3)cc2)c(N)c1. The molecule has 1 unspecified atom stereocenters. The van der Waals surface area contributed by atoms with Gasteiger partial charge in [0.25, 0.3) is 0 Å². The van der Waals surface area contributed by atoms with Crippen LogP contribution in [0.2, 0.25) is 0 Å². The van der Waals surface area contributed by atoms with Gasteiger partial charge in [-0.05, 0) is 127 Å². The number of carbonyl (C=O) groups is 4. The van der Waals surface area contributed by atoms with Crippen molar-refractivity contribution in [2.45, 2.75) is 68.0 Å². The first-order valence-electron chi connectivity index (χ1n) is 21.7. The summed E-state index contributed by atoms with van der Waals surface area (Å²) in [7, 11) is 0. The molecule has 0 aromatic heterocycles. The van der Waals surface area contributed by atoms with Crippen molar-refractivity contribution in [3.63, 3.8) is 0 Å². The maximum absolute atomic E-state index is 13.4. The molecule has 0 aliphatic rings. The highest BCUT2D eigenvalue weighted by atomic mass is 19.4. The number of ether oxygens (including phenoxy) is 4. The number of esters is 2. The van der Waals surface area contributed by atoms with Crippen LogP contribution in [0.25, 0.3) is 12.2 Å². The van der Waals surface area contributed by atoms with Crippen LogP contribution in [-0.2, 0) is 9.59 Å². The quantitative estimate of drug-likeness (QED) is 0.00920. The Bertz CT molecular complexity index is 2760. The Labute approximate surface area is 409 Å². The number of benzene rings is 5. The van der Waals surface area contributed by atoms with Crippen molar-refractivity contribution in [3.8, 4) is 23.0 Å². The minimum atomic E-state index is -5.67. The number of alkyl halides is 10. The zero-order valence-corrected chi connectivity index (χ0v) is 37.9. The van der Waals surface area contributed by atoms with E-state index in [0.717, 1.165) is 12.2 Å². The van der Waals surface area contributed by atoms with Crippen LogP contribution in [0.4, 0.5) is 55.3 Å². The highest BCUT2D eigenvalue weighted by Gasteiger charge is 2.57. The minimum Gasteiger partial charge on any atom is -0.494 e. The molecule has 5 aromatic carbocycles. The van der Waals surface area contributed by atoms with Crippen molar-refractivity contribution < 1.29 is 92.2 Å². The van der Waals surface area contributed by atoms with Crippen LogP contribution in [0.3, 0.4) is 0 Å². The van der Waals surface area contributed by atoms with Crippen molar-refractivity contribution >= 4 is 47.0 Å². The summed E-state index contributed by atoms with van der Waals surface area (Å²) in [6.07, 6.45) is -11.5. The van der Waals surface area contributed by atoms with Gasteiger partial charge < -0.3 is 40.6 Å². The molecule has 388 valence electrons. The van der Waals surface area contributed by atoms with Crippen LogP contribution in [0.5, 0.6) is 23.0 Å². The highest BCUT2D eigenvalue weighted by molar-refractivity contribution is 6.01. The molecular formula is C51H44F10N2O10. The van der Waals surface area contributed by atoms with Gasteiger partial charge in [-0.25, -0.2) is 9.59 Å². The predicted octanol–water partition coefficient (Wildman–Crippen LogP) is 10.7. The fraction of sp³-hybridized carbons (Fsp3) is 0.255. The van der Waals surface area contributed by atoms with Crippen LogP contribution in [0, 0.1) is 0 Å². The van der Waals surface area contributed by atoms with Crippen LogP contribution in [0.1, 0.15) is 75.4 Å². The van der Waals surface area contributed by atoms with Crippen molar-refractivity contribution in [3.05, 3.63) is 155 Å². The Morgan fingerprint density at radius 2 is 0.932 bits per heavy atom. The Hall–Kier alpha value is -7.72. The lowest BCUT2D eigenvalue weighted by Gasteiger charge is -2.30. The average molecular weight is 1030 g/mol. The molecule has 22 heteroatoms. The average Bonchev–Trinajstić information content (AvgIpc) is 3.32. The number of ketones is 2. The summed E-state index contributed by atoms with van der Waals surface area (Å²) in [6, 6.07) is 25.7. The molecule has 6 N–H and O–H groups in total. The number of rotatable bonds is 23. The van der Waals surface area contributed by atoms with Crippen molar-refractivity contribution in [2.24, 2.45) is 0 Å². The lowest BCUT2D eigenvalue weighted by atomic mass is 9.82. The van der Waals surface area contributed by atoms with Crippen LogP contribution in [0.15, 0.2) is 127 Å². The topological polar surface area (TPSA) is 198 Å². The molecule has 5 aromatic rings. The number of nitrogen functional groups attached to an aromatic ring is 2. The number of nitrogens with two attached hydrogens (primary N) is 2. The van der Waals surface area contributed by atoms with Gasteiger partial charge in [-0.3, -0.25) is 9.59 Å². The fourth-order valence-electron chi connectivity index (χ4n) is 6.56. The van der Waals surface area contributed by atoms with Gasteiger partial charge in [0.2, 0.25) is 11.6 Å². The zero-order chi connectivity index (χ0) is 53.8. The maximum atomic E-state index is 13.4. The normalized spacial score (nSPS) is 12.9. The largest absolute Gasteiger partial charge is 0.494 e. The second-order valence-electron chi connectivity index (χ2n) is 16.1. The number of aliphatic hydroxyl groups is 2. The summed E-state index contributed by atoms with van der Waals surface area (Å²) < 4.78 is 147. The third-order valence-corrected chi connectivity index (χ3v) is 10.6. The molecule has 0 bridgehead atoms. The number of anilines is 2. The molecular weight excluding hydrogens is 991 g/mol. The Balaban J connectivity index is 1.15. The first-order chi connectivity index (χ1) is 34.1. The smallest absolute Gasteiger partial charge is 0.453 e. The summed E-state index contributed by atoms with van der Waals surface area (Å²) >= 11 is 0. The molecule has 12 nitrogen and oxygen atoms in total. The molecule has 0 fully saturated rings. The summed E-state index contributed by atoms with van der Waals surface area (Å²) in [4.78, 5) is 52.3. The van der Waals surface area contributed by atoms with E-state index in [-0.39, 0.29) is 51.1 Å². The molecule has 73 heavy (non-hydrogen) atoms. The molecule has 0 saturated carbocycles. The van der Waals surface area contributed by atoms with Gasteiger partial charge in [-0.2, -0.15) is 43.9 Å². The van der Waals surface area contributed by atoms with E-state index in [9.17, 15) is 73.3 Å². The number of hydrogen-bond acceptors (Lipinski definition) is 12. The van der Waals surface area contributed by atoms with Crippen LogP contribution >= 0.6 is 0 Å². The van der Waals surface area contributed by atoms with Crippen LogP contribution < -0.4 is 30.4 Å². The Kier molecular flexibility index (Phi) is 18.2. The fourth-order valence-corrected chi connectivity index (χ4v) is 6.56. The van der Waals surface area contributed by atoms with Crippen molar-refractivity contribution in [1.29, 1.82) is 0 Å². The van der Waals surface area contributed by atoms with E-state index < -0.39 is 105 Å². The van der Waals surface area contributed by atoms with E-state index in [1.165, 1.54) is 127 Å². The third kappa shape index (κ3) is 15.9. The Morgan fingerprint density at radius 3 is 1.33 bits per heavy atom. The van der Waals surface area contributed by atoms with Gasteiger partial charge in [-0.1, -0.05) is 42.5 Å². The molecule has 0 radical (unpaired) electrons. The lowest BCUT2D eigenvalue weighted by Crippen LogP contribution is -2.44. The van der Waals surface area contributed by atoms with E-state index in [2.05, 4.69) is 0 Å². The highest BCUT2D eigenvalue weighted by Crippen LogP contribution is 2.40. The molecule has 0 aliphatic carbocycles. The molecule has 0 aliphatic heterocycles. The number of carbonyl (C=O) groups excluding carboxylic acids is 4. The molecule has 1 atom stereocenters.